The Balaban J connectivity index is -0.0000000755. The summed E-state index contributed by atoms with van der Waals surface area (Å²) in [4.78, 5) is 24.0. The van der Waals surface area contributed by atoms with Gasteiger partial charge in [-0.3, -0.25) is 0 Å². The van der Waals surface area contributed by atoms with Crippen molar-refractivity contribution in [3.63, 3.8) is 0 Å². The van der Waals surface area contributed by atoms with Crippen LogP contribution < -0.4 is 0 Å². The first-order valence-corrected chi connectivity index (χ1v) is 3.53. The van der Waals surface area contributed by atoms with Crippen LogP contribution in [-0.2, 0) is 33.9 Å². The van der Waals surface area contributed by atoms with Crippen LogP contribution in [-0.4, -0.2) is 20.4 Å². The average Bonchev–Trinajstić information content (AvgIpc) is 2.26. The summed E-state index contributed by atoms with van der Waals surface area (Å²) in [5, 5.41) is 0. The fraction of sp³-hybridized carbons (Fsp3) is 0. The van der Waals surface area contributed by atoms with Crippen molar-refractivity contribution in [1.29, 1.82) is 0 Å². The quantitative estimate of drug-likeness (QED) is 0.639. The fourth-order valence-electron chi connectivity index (χ4n) is 0.513. The molecule has 0 saturated heterocycles. The van der Waals surface area contributed by atoms with Crippen LogP contribution in [0.1, 0.15) is 0 Å². The molecule has 0 aromatic heterocycles. The molecule has 15 heavy (non-hydrogen) atoms. The molecule has 84 valence electrons. The Labute approximate surface area is 103 Å². The maximum atomic E-state index is 8.00. The summed E-state index contributed by atoms with van der Waals surface area (Å²) < 4.78 is 0. The van der Waals surface area contributed by atoms with Gasteiger partial charge < -0.3 is 14.4 Å². The second-order valence-corrected chi connectivity index (χ2v) is 1.54. The number of carbonyl (C=O) groups is 3. The molecule has 3 nitrogen and oxygen atoms in total. The summed E-state index contributed by atoms with van der Waals surface area (Å²) in [6.07, 6.45) is 16.0. The molecule has 0 amide bonds. The molecule has 0 aromatic carbocycles. The minimum Gasteiger partial charge on any atom is -0.307 e. The van der Waals surface area contributed by atoms with E-state index in [1.807, 2.05) is 69.0 Å². The van der Waals surface area contributed by atoms with Crippen molar-refractivity contribution in [2.45, 2.75) is 0 Å². The standard InChI is InChI=1S/C8H8.3CH2O.Ru/c1-2-4-6-8-7-5-3-1;3*1-2;/h1-8H;3*1H2;. The van der Waals surface area contributed by atoms with Gasteiger partial charge in [0, 0.05) is 19.5 Å². The van der Waals surface area contributed by atoms with Gasteiger partial charge in [0.15, 0.2) is 0 Å². The van der Waals surface area contributed by atoms with E-state index >= 15 is 0 Å². The maximum absolute atomic E-state index is 8.00. The predicted octanol–water partition coefficient (Wildman–Crippen LogP) is 1.67. The molecule has 1 aliphatic carbocycles. The van der Waals surface area contributed by atoms with E-state index in [9.17, 15) is 0 Å². The molecule has 0 heterocycles. The van der Waals surface area contributed by atoms with Crippen LogP contribution in [0.15, 0.2) is 48.6 Å². The zero-order valence-electron chi connectivity index (χ0n) is 8.32. The van der Waals surface area contributed by atoms with Gasteiger partial charge in [0.25, 0.3) is 0 Å². The van der Waals surface area contributed by atoms with E-state index in [-0.39, 0.29) is 19.5 Å². The first-order chi connectivity index (χ1) is 7.00. The van der Waals surface area contributed by atoms with Gasteiger partial charge in [-0.15, -0.1) is 0 Å². The molecule has 0 spiro atoms. The van der Waals surface area contributed by atoms with Crippen molar-refractivity contribution in [2.24, 2.45) is 0 Å². The molecule has 0 aromatic rings. The van der Waals surface area contributed by atoms with E-state index in [1.165, 1.54) is 0 Å². The van der Waals surface area contributed by atoms with Gasteiger partial charge in [0.2, 0.25) is 0 Å². The van der Waals surface area contributed by atoms with Crippen LogP contribution in [0.25, 0.3) is 0 Å². The third kappa shape index (κ3) is 32.5. The van der Waals surface area contributed by atoms with Crippen LogP contribution in [0.3, 0.4) is 0 Å². The molecule has 0 radical (unpaired) electrons. The molecule has 0 atom stereocenters. The average molecular weight is 295 g/mol. The molecule has 0 unspecified atom stereocenters. The smallest absolute Gasteiger partial charge is 0.106 e. The van der Waals surface area contributed by atoms with Gasteiger partial charge in [-0.2, -0.15) is 0 Å². The van der Waals surface area contributed by atoms with Crippen molar-refractivity contribution in [1.82, 2.24) is 0 Å². The maximum Gasteiger partial charge on any atom is 0.106 e. The van der Waals surface area contributed by atoms with Crippen molar-refractivity contribution in [3.05, 3.63) is 48.6 Å². The van der Waals surface area contributed by atoms with Gasteiger partial charge in [0.1, 0.15) is 20.4 Å². The van der Waals surface area contributed by atoms with Gasteiger partial charge in [-0.1, -0.05) is 48.6 Å². The van der Waals surface area contributed by atoms with Gasteiger partial charge >= 0.3 is 0 Å². The zero-order valence-corrected chi connectivity index (χ0v) is 10.1. The normalized spacial score (nSPS) is 9.33. The Bertz CT molecular complexity index is 147. The van der Waals surface area contributed by atoms with Crippen molar-refractivity contribution in [2.75, 3.05) is 0 Å². The van der Waals surface area contributed by atoms with E-state index in [2.05, 4.69) is 0 Å². The van der Waals surface area contributed by atoms with Crippen molar-refractivity contribution in [3.8, 4) is 0 Å². The molecule has 0 aliphatic heterocycles. The first kappa shape index (κ1) is 23.4. The molecular weight excluding hydrogens is 281 g/mol. The first-order valence-electron chi connectivity index (χ1n) is 3.53. The summed E-state index contributed by atoms with van der Waals surface area (Å²) in [6, 6.07) is 0. The summed E-state index contributed by atoms with van der Waals surface area (Å²) >= 11 is 0. The SMILES string of the molecule is C1=CC=CC=CC=C1.C=O.C=O.C=O.[Ru]. The summed E-state index contributed by atoms with van der Waals surface area (Å²) in [5.74, 6) is 0. The van der Waals surface area contributed by atoms with E-state index in [4.69, 9.17) is 14.4 Å². The van der Waals surface area contributed by atoms with E-state index < -0.39 is 0 Å². The second-order valence-electron chi connectivity index (χ2n) is 1.54. The van der Waals surface area contributed by atoms with Gasteiger partial charge in [0.05, 0.1) is 0 Å². The Morgan fingerprint density at radius 3 is 0.533 bits per heavy atom. The molecule has 1 aliphatic rings. The van der Waals surface area contributed by atoms with Crippen LogP contribution in [0.4, 0.5) is 0 Å². The van der Waals surface area contributed by atoms with Crippen LogP contribution in [0.5, 0.6) is 0 Å². The minimum atomic E-state index is 0. The van der Waals surface area contributed by atoms with Crippen LogP contribution >= 0.6 is 0 Å². The van der Waals surface area contributed by atoms with Crippen molar-refractivity contribution < 1.29 is 33.9 Å². The van der Waals surface area contributed by atoms with Crippen molar-refractivity contribution >= 4 is 20.4 Å². The molecule has 4 heteroatoms. The topological polar surface area (TPSA) is 51.2 Å². The molecule has 0 bridgehead atoms. The molecular formula is C11H14O3Ru. The van der Waals surface area contributed by atoms with Crippen LogP contribution in [0, 0.1) is 0 Å². The second kappa shape index (κ2) is 38.9. The van der Waals surface area contributed by atoms with Gasteiger partial charge in [-0.25, -0.2) is 0 Å². The third-order valence-corrected chi connectivity index (χ3v) is 0.889. The largest absolute Gasteiger partial charge is 0.307 e. The van der Waals surface area contributed by atoms with E-state index in [0.717, 1.165) is 0 Å². The number of hydrogen-bond donors (Lipinski definition) is 0. The predicted molar refractivity (Wildman–Crippen MR) is 57.9 cm³/mol. The Morgan fingerprint density at radius 2 is 0.467 bits per heavy atom. The number of allylic oxidation sites excluding steroid dienone is 8. The Morgan fingerprint density at radius 1 is 0.400 bits per heavy atom. The fourth-order valence-corrected chi connectivity index (χ4v) is 0.513. The summed E-state index contributed by atoms with van der Waals surface area (Å²) in [7, 11) is 0. The van der Waals surface area contributed by atoms with Gasteiger partial charge in [-0.05, 0) is 0 Å². The zero-order chi connectivity index (χ0) is 11.7. The summed E-state index contributed by atoms with van der Waals surface area (Å²) in [5.41, 5.74) is 0. The Kier molecular flexibility index (Phi) is 60.8. The number of hydrogen-bond acceptors (Lipinski definition) is 3. The third-order valence-electron chi connectivity index (χ3n) is 0.889. The summed E-state index contributed by atoms with van der Waals surface area (Å²) in [6.45, 7) is 6.00. The molecule has 0 fully saturated rings. The number of carbonyl (C=O) groups excluding carboxylic acids is 3. The Hall–Kier alpha value is -1.41. The van der Waals surface area contributed by atoms with E-state index in [0.29, 0.717) is 0 Å². The molecule has 0 saturated carbocycles. The molecule has 0 N–H and O–H groups in total. The monoisotopic (exact) mass is 296 g/mol. The number of rotatable bonds is 0. The van der Waals surface area contributed by atoms with Crippen LogP contribution in [0.2, 0.25) is 0 Å². The molecule has 1 rings (SSSR count). The van der Waals surface area contributed by atoms with E-state index in [1.54, 1.807) is 0 Å². The minimum absolute atomic E-state index is 0.